The van der Waals surface area contributed by atoms with Crippen LogP contribution in [-0.4, -0.2) is 43.6 Å². The lowest BCUT2D eigenvalue weighted by molar-refractivity contribution is -0.0395. The summed E-state index contributed by atoms with van der Waals surface area (Å²) in [6.07, 6.45) is 2.09. The monoisotopic (exact) mass is 444 g/mol. The fourth-order valence-corrected chi connectivity index (χ4v) is 5.16. The van der Waals surface area contributed by atoms with E-state index in [0.717, 1.165) is 32.1 Å². The Labute approximate surface area is 187 Å². The predicted molar refractivity (Wildman–Crippen MR) is 124 cm³/mol. The topological polar surface area (TPSA) is 90.1 Å². The molecule has 6 rings (SSSR count). The van der Waals surface area contributed by atoms with Crippen molar-refractivity contribution >= 4 is 43.4 Å². The first-order valence-corrected chi connectivity index (χ1v) is 11.3. The Morgan fingerprint density at radius 3 is 2.88 bits per heavy atom. The first kappa shape index (κ1) is 19.5. The molecule has 1 N–H and O–H groups in total. The number of aliphatic hydroxyl groups excluding tert-OH is 1. The molecule has 3 aromatic carbocycles. The highest BCUT2D eigenvalue weighted by molar-refractivity contribution is 7.12. The van der Waals surface area contributed by atoms with E-state index < -0.39 is 6.10 Å². The van der Waals surface area contributed by atoms with Crippen molar-refractivity contribution in [1.82, 2.24) is 19.1 Å². The number of hydrogen-bond acceptors (Lipinski definition) is 7. The first-order valence-electron chi connectivity index (χ1n) is 10.6. The van der Waals surface area contributed by atoms with Crippen molar-refractivity contribution in [2.24, 2.45) is 0 Å². The number of ether oxygens (including phenoxy) is 1. The lowest BCUT2D eigenvalue weighted by atomic mass is 9.95. The molecule has 2 aromatic heterocycles. The molecule has 5 aromatic rings. The van der Waals surface area contributed by atoms with E-state index >= 15 is 0 Å². The normalized spacial score (nSPS) is 19.2. The smallest absolute Gasteiger partial charge is 0.261 e. The second-order valence-electron chi connectivity index (χ2n) is 8.18. The minimum atomic E-state index is -0.723. The number of hydrogen-bond donors (Lipinski definition) is 1. The van der Waals surface area contributed by atoms with E-state index in [0.29, 0.717) is 30.4 Å². The molecule has 0 unspecified atom stereocenters. The van der Waals surface area contributed by atoms with Crippen LogP contribution in [0.3, 0.4) is 0 Å². The van der Waals surface area contributed by atoms with Crippen molar-refractivity contribution in [3.05, 3.63) is 76.3 Å². The molecule has 0 aliphatic carbocycles. The minimum Gasteiger partial charge on any atom is -0.389 e. The van der Waals surface area contributed by atoms with E-state index in [1.54, 1.807) is 10.9 Å². The predicted octanol–water partition coefficient (Wildman–Crippen LogP) is 3.47. The summed E-state index contributed by atoms with van der Waals surface area (Å²) in [4.78, 5) is 18.2. The van der Waals surface area contributed by atoms with Gasteiger partial charge in [0.2, 0.25) is 0 Å². The van der Waals surface area contributed by atoms with E-state index in [1.807, 2.05) is 30.3 Å². The lowest BCUT2D eigenvalue weighted by Crippen LogP contribution is -2.39. The molecule has 7 nitrogen and oxygen atoms in total. The summed E-state index contributed by atoms with van der Waals surface area (Å²) in [5.74, 6) is 0. The van der Waals surface area contributed by atoms with E-state index in [4.69, 9.17) is 4.74 Å². The van der Waals surface area contributed by atoms with Gasteiger partial charge in [0.25, 0.3) is 5.56 Å². The van der Waals surface area contributed by atoms with Gasteiger partial charge in [-0.25, -0.2) is 4.98 Å². The molecule has 8 heteroatoms. The molecule has 1 aliphatic rings. The first-order chi connectivity index (χ1) is 15.7. The highest BCUT2D eigenvalue weighted by Crippen LogP contribution is 2.29. The Kier molecular flexibility index (Phi) is 4.71. The molecule has 0 amide bonds. The quantitative estimate of drug-likeness (QED) is 0.429. The van der Waals surface area contributed by atoms with Crippen LogP contribution in [0.15, 0.2) is 59.7 Å². The summed E-state index contributed by atoms with van der Waals surface area (Å²) < 4.78 is 12.0. The fraction of sp³-hybridized carbons (Fsp3) is 0.250. The number of aliphatic hydroxyl groups is 1. The number of nitrogens with zero attached hydrogens (tertiary/aromatic N) is 4. The van der Waals surface area contributed by atoms with Crippen LogP contribution in [-0.2, 0) is 11.2 Å². The van der Waals surface area contributed by atoms with Gasteiger partial charge in [-0.3, -0.25) is 9.36 Å². The standard InChI is InChI=1S/C24H20N4O3S/c29-21-12-31-8-7-20(21)28-13-25-23-17-4-2-1-3-16(17)15(11-18(23)24(28)30)9-14-5-6-22-19(10-14)26-27-32-22/h1-6,10-11,13,20-21,29H,7-9,12H2/t20-,21-/m0/s1. The molecular weight excluding hydrogens is 424 g/mol. The van der Waals surface area contributed by atoms with E-state index in [1.165, 1.54) is 11.5 Å². The number of aromatic nitrogens is 4. The molecule has 0 saturated carbocycles. The van der Waals surface area contributed by atoms with Gasteiger partial charge in [-0.15, -0.1) is 5.10 Å². The molecule has 1 aliphatic heterocycles. The van der Waals surface area contributed by atoms with Crippen LogP contribution in [0.25, 0.3) is 31.9 Å². The fourth-order valence-electron chi connectivity index (χ4n) is 4.62. The SMILES string of the molecule is O=c1c2cc(Cc3ccc4snnc4c3)c3ccccc3c2ncn1[C@H]1CCOC[C@@H]1O. The van der Waals surface area contributed by atoms with Crippen molar-refractivity contribution in [2.45, 2.75) is 25.0 Å². The number of benzene rings is 3. The van der Waals surface area contributed by atoms with Gasteiger partial charge < -0.3 is 9.84 Å². The van der Waals surface area contributed by atoms with Crippen LogP contribution in [0.2, 0.25) is 0 Å². The maximum absolute atomic E-state index is 13.5. The third-order valence-electron chi connectivity index (χ3n) is 6.23. The van der Waals surface area contributed by atoms with Crippen LogP contribution in [0.4, 0.5) is 0 Å². The highest BCUT2D eigenvalue weighted by Gasteiger charge is 2.27. The van der Waals surface area contributed by atoms with Gasteiger partial charge in [-0.05, 0) is 59.1 Å². The molecule has 2 atom stereocenters. The van der Waals surface area contributed by atoms with Crippen molar-refractivity contribution < 1.29 is 9.84 Å². The van der Waals surface area contributed by atoms with E-state index in [2.05, 4.69) is 32.8 Å². The summed E-state index contributed by atoms with van der Waals surface area (Å²) in [5.41, 5.74) is 3.60. The second-order valence-corrected chi connectivity index (χ2v) is 8.97. The third-order valence-corrected chi connectivity index (χ3v) is 6.94. The summed E-state index contributed by atoms with van der Waals surface area (Å²) >= 11 is 1.38. The zero-order valence-electron chi connectivity index (χ0n) is 17.1. The molecule has 32 heavy (non-hydrogen) atoms. The van der Waals surface area contributed by atoms with Gasteiger partial charge >= 0.3 is 0 Å². The number of rotatable bonds is 3. The van der Waals surface area contributed by atoms with Gasteiger partial charge in [-0.1, -0.05) is 34.8 Å². The van der Waals surface area contributed by atoms with Crippen molar-refractivity contribution in [1.29, 1.82) is 0 Å². The summed E-state index contributed by atoms with van der Waals surface area (Å²) in [6.45, 7) is 0.745. The zero-order valence-corrected chi connectivity index (χ0v) is 18.0. The largest absolute Gasteiger partial charge is 0.389 e. The average Bonchev–Trinajstić information content (AvgIpc) is 3.28. The molecule has 0 spiro atoms. The van der Waals surface area contributed by atoms with E-state index in [9.17, 15) is 9.90 Å². The Hall–Kier alpha value is -3.20. The van der Waals surface area contributed by atoms with Gasteiger partial charge in [0.15, 0.2) is 0 Å². The molecule has 1 saturated heterocycles. The van der Waals surface area contributed by atoms with Gasteiger partial charge in [0.1, 0.15) is 5.52 Å². The van der Waals surface area contributed by atoms with Crippen LogP contribution in [0.5, 0.6) is 0 Å². The Morgan fingerprint density at radius 1 is 1.12 bits per heavy atom. The molecule has 3 heterocycles. The van der Waals surface area contributed by atoms with Crippen LogP contribution >= 0.6 is 11.5 Å². The van der Waals surface area contributed by atoms with Gasteiger partial charge in [0, 0.05) is 12.0 Å². The minimum absolute atomic E-state index is 0.132. The maximum atomic E-state index is 13.5. The van der Waals surface area contributed by atoms with Gasteiger partial charge in [0.05, 0.1) is 40.7 Å². The highest BCUT2D eigenvalue weighted by atomic mass is 32.1. The van der Waals surface area contributed by atoms with Crippen molar-refractivity contribution in [3.8, 4) is 0 Å². The number of fused-ring (bicyclic) bond motifs is 4. The maximum Gasteiger partial charge on any atom is 0.261 e. The Balaban J connectivity index is 1.53. The molecule has 0 radical (unpaired) electrons. The van der Waals surface area contributed by atoms with E-state index in [-0.39, 0.29) is 18.2 Å². The van der Waals surface area contributed by atoms with Crippen LogP contribution in [0.1, 0.15) is 23.6 Å². The van der Waals surface area contributed by atoms with Crippen LogP contribution < -0.4 is 5.56 Å². The molecule has 0 bridgehead atoms. The zero-order chi connectivity index (χ0) is 21.7. The van der Waals surface area contributed by atoms with Crippen molar-refractivity contribution in [2.75, 3.05) is 13.2 Å². The summed E-state index contributed by atoms with van der Waals surface area (Å²) in [6, 6.07) is 15.9. The Bertz CT molecular complexity index is 1530. The summed E-state index contributed by atoms with van der Waals surface area (Å²) in [5, 5.41) is 17.2. The third kappa shape index (κ3) is 3.19. The van der Waals surface area contributed by atoms with Gasteiger partial charge in [-0.2, -0.15) is 0 Å². The molecule has 1 fully saturated rings. The van der Waals surface area contributed by atoms with Crippen LogP contribution in [0, 0.1) is 0 Å². The van der Waals surface area contributed by atoms with Crippen molar-refractivity contribution in [3.63, 3.8) is 0 Å². The Morgan fingerprint density at radius 2 is 2.00 bits per heavy atom. The summed E-state index contributed by atoms with van der Waals surface area (Å²) in [7, 11) is 0. The second kappa shape index (κ2) is 7.74. The lowest BCUT2D eigenvalue weighted by Gasteiger charge is -2.29. The average molecular weight is 445 g/mol. The molecule has 160 valence electrons. The molecular formula is C24H20N4O3S.